The van der Waals surface area contributed by atoms with Gasteiger partial charge in [0.2, 0.25) is 0 Å². The summed E-state index contributed by atoms with van der Waals surface area (Å²) in [6.45, 7) is 8.81. The monoisotopic (exact) mass is 775 g/mol. The van der Waals surface area contributed by atoms with Crippen molar-refractivity contribution in [3.8, 4) is 22.5 Å². The molecule has 4 heteroatoms. The number of aromatic nitrogens is 2. The Balaban J connectivity index is 0.000000223. The maximum Gasteiger partial charge on any atom is 0.121 e. The zero-order chi connectivity index (χ0) is 31.0. The van der Waals surface area contributed by atoms with E-state index in [-0.39, 0.29) is 25.5 Å². The molecule has 0 atom stereocenters. The molecule has 5 aromatic carbocycles. The molecule has 0 spiro atoms. The molecular formula is C42H34IrN2O-2. The Hall–Kier alpha value is -4.63. The molecule has 0 aliphatic rings. The Morgan fingerprint density at radius 2 is 1.50 bits per heavy atom. The van der Waals surface area contributed by atoms with Crippen molar-refractivity contribution in [3.63, 3.8) is 0 Å². The van der Waals surface area contributed by atoms with E-state index in [2.05, 4.69) is 116 Å². The summed E-state index contributed by atoms with van der Waals surface area (Å²) in [5.41, 5.74) is 8.28. The molecule has 229 valence electrons. The molecule has 0 N–H and O–H groups in total. The first-order valence-corrected chi connectivity index (χ1v) is 15.4. The van der Waals surface area contributed by atoms with Gasteiger partial charge in [-0.15, -0.1) is 54.1 Å². The van der Waals surface area contributed by atoms with Crippen LogP contribution in [0.15, 0.2) is 126 Å². The average Bonchev–Trinajstić information content (AvgIpc) is 3.42. The fraction of sp³-hybridized carbons (Fsp3) is 0.143. The van der Waals surface area contributed by atoms with Gasteiger partial charge in [-0.2, -0.15) is 0 Å². The molecule has 8 rings (SSSR count). The quantitative estimate of drug-likeness (QED) is 0.133. The predicted molar refractivity (Wildman–Crippen MR) is 187 cm³/mol. The maximum absolute atomic E-state index is 6.46. The molecule has 0 saturated carbocycles. The number of furan rings is 1. The van der Waals surface area contributed by atoms with Gasteiger partial charge in [0.15, 0.2) is 0 Å². The van der Waals surface area contributed by atoms with Gasteiger partial charge in [-0.3, -0.25) is 0 Å². The summed E-state index contributed by atoms with van der Waals surface area (Å²) >= 11 is 0. The smallest absolute Gasteiger partial charge is 0.121 e. The number of aryl methyl sites for hydroxylation is 1. The van der Waals surface area contributed by atoms with E-state index in [9.17, 15) is 0 Å². The van der Waals surface area contributed by atoms with Crippen LogP contribution in [0.2, 0.25) is 0 Å². The van der Waals surface area contributed by atoms with Gasteiger partial charge in [0.25, 0.3) is 0 Å². The Morgan fingerprint density at radius 3 is 2.28 bits per heavy atom. The van der Waals surface area contributed by atoms with Crippen molar-refractivity contribution in [2.75, 3.05) is 0 Å². The van der Waals surface area contributed by atoms with E-state index in [0.717, 1.165) is 50.9 Å². The van der Waals surface area contributed by atoms with Gasteiger partial charge in [0.05, 0.1) is 5.58 Å². The van der Waals surface area contributed by atoms with Gasteiger partial charge >= 0.3 is 0 Å². The third-order valence-corrected chi connectivity index (χ3v) is 8.01. The SMILES string of the molecule is CC(C)(C)Cc1ccnc(-c2[c-]ccc3c2oc2cc4c(ccc5ccccc54)cc23)c1.Cc1ccc(-c2[c-]cccc2)nc1.[Ir]. The average molecular weight is 775 g/mol. The molecule has 0 saturated heterocycles. The van der Waals surface area contributed by atoms with Gasteiger partial charge in [-0.1, -0.05) is 91.9 Å². The first-order valence-electron chi connectivity index (χ1n) is 15.4. The van der Waals surface area contributed by atoms with Crippen LogP contribution in [0.3, 0.4) is 0 Å². The second kappa shape index (κ2) is 13.0. The minimum absolute atomic E-state index is 0. The van der Waals surface area contributed by atoms with E-state index in [4.69, 9.17) is 4.42 Å². The summed E-state index contributed by atoms with van der Waals surface area (Å²) < 4.78 is 6.46. The maximum atomic E-state index is 6.46. The van der Waals surface area contributed by atoms with Gasteiger partial charge in [-0.25, -0.2) is 0 Å². The van der Waals surface area contributed by atoms with Crippen LogP contribution in [0, 0.1) is 24.5 Å². The number of nitrogens with zero attached hydrogens (tertiary/aromatic N) is 2. The molecule has 0 bridgehead atoms. The molecule has 0 aliphatic carbocycles. The molecule has 3 heterocycles. The number of hydrogen-bond donors (Lipinski definition) is 0. The van der Waals surface area contributed by atoms with Crippen LogP contribution in [0.25, 0.3) is 66.0 Å². The van der Waals surface area contributed by atoms with E-state index < -0.39 is 0 Å². The molecule has 3 aromatic heterocycles. The Bertz CT molecular complexity index is 2280. The molecule has 3 nitrogen and oxygen atoms in total. The van der Waals surface area contributed by atoms with Crippen molar-refractivity contribution in [1.82, 2.24) is 9.97 Å². The minimum Gasteiger partial charge on any atom is -0.501 e. The number of rotatable bonds is 3. The van der Waals surface area contributed by atoms with Crippen molar-refractivity contribution in [1.29, 1.82) is 0 Å². The molecular weight excluding hydrogens is 741 g/mol. The van der Waals surface area contributed by atoms with Crippen LogP contribution in [0.4, 0.5) is 0 Å². The normalized spacial score (nSPS) is 11.4. The number of fused-ring (bicyclic) bond motifs is 6. The predicted octanol–water partition coefficient (Wildman–Crippen LogP) is 11.2. The Labute approximate surface area is 283 Å². The topological polar surface area (TPSA) is 38.9 Å². The second-order valence-corrected chi connectivity index (χ2v) is 12.8. The van der Waals surface area contributed by atoms with E-state index in [1.165, 1.54) is 32.7 Å². The van der Waals surface area contributed by atoms with Crippen LogP contribution >= 0.6 is 0 Å². The molecule has 8 aromatic rings. The summed E-state index contributed by atoms with van der Waals surface area (Å²) in [5.74, 6) is 0. The fourth-order valence-electron chi connectivity index (χ4n) is 5.95. The van der Waals surface area contributed by atoms with Crippen LogP contribution < -0.4 is 0 Å². The van der Waals surface area contributed by atoms with Gasteiger partial charge in [0, 0.05) is 37.9 Å². The zero-order valence-electron chi connectivity index (χ0n) is 26.4. The molecule has 1 radical (unpaired) electrons. The molecule has 0 fully saturated rings. The molecule has 0 amide bonds. The third kappa shape index (κ3) is 6.51. The number of pyridine rings is 2. The first kappa shape index (κ1) is 31.4. The third-order valence-electron chi connectivity index (χ3n) is 8.01. The van der Waals surface area contributed by atoms with E-state index >= 15 is 0 Å². The van der Waals surface area contributed by atoms with Crippen molar-refractivity contribution in [2.45, 2.75) is 34.1 Å². The van der Waals surface area contributed by atoms with Gasteiger partial charge < -0.3 is 14.4 Å². The van der Waals surface area contributed by atoms with Crippen LogP contribution in [-0.4, -0.2) is 9.97 Å². The van der Waals surface area contributed by atoms with E-state index in [1.807, 2.05) is 55.7 Å². The summed E-state index contributed by atoms with van der Waals surface area (Å²) in [4.78, 5) is 8.98. The van der Waals surface area contributed by atoms with Crippen LogP contribution in [0.1, 0.15) is 31.9 Å². The molecule has 0 aliphatic heterocycles. The summed E-state index contributed by atoms with van der Waals surface area (Å²) in [5, 5.41) is 7.15. The van der Waals surface area contributed by atoms with Crippen molar-refractivity contribution in [2.24, 2.45) is 5.41 Å². The van der Waals surface area contributed by atoms with Crippen LogP contribution in [0.5, 0.6) is 0 Å². The van der Waals surface area contributed by atoms with Gasteiger partial charge in [0.1, 0.15) is 5.58 Å². The largest absolute Gasteiger partial charge is 0.501 e. The summed E-state index contributed by atoms with van der Waals surface area (Å²) in [6.07, 6.45) is 4.76. The van der Waals surface area contributed by atoms with Crippen molar-refractivity contribution < 1.29 is 24.5 Å². The number of hydrogen-bond acceptors (Lipinski definition) is 3. The molecule has 46 heavy (non-hydrogen) atoms. The Kier molecular flexibility index (Phi) is 8.86. The molecule has 0 unspecified atom stereocenters. The zero-order valence-corrected chi connectivity index (χ0v) is 28.8. The first-order chi connectivity index (χ1) is 21.8. The Morgan fingerprint density at radius 1 is 0.674 bits per heavy atom. The summed E-state index contributed by atoms with van der Waals surface area (Å²) in [6, 6.07) is 44.1. The standard InChI is InChI=1S/C30H24NO.C12H10N.Ir/c1-30(2,3)18-19-13-14-31-27(15-19)24-10-6-9-23-26-16-21-12-11-20-7-4-5-8-22(20)25(21)17-28(26)32-29(23)24;1-10-7-8-12(13-9-10)11-5-3-2-4-6-11;/h4-9,11-17H,18H2,1-3H3;2-5,7-9H,1H3;/q2*-1;. The van der Waals surface area contributed by atoms with E-state index in [0.29, 0.717) is 0 Å². The van der Waals surface area contributed by atoms with Crippen molar-refractivity contribution >= 4 is 43.5 Å². The van der Waals surface area contributed by atoms with Crippen molar-refractivity contribution in [3.05, 3.63) is 145 Å². The second-order valence-electron chi connectivity index (χ2n) is 12.8. The van der Waals surface area contributed by atoms with Crippen LogP contribution in [-0.2, 0) is 26.5 Å². The van der Waals surface area contributed by atoms with E-state index in [1.54, 1.807) is 0 Å². The fourth-order valence-corrected chi connectivity index (χ4v) is 5.95. The van der Waals surface area contributed by atoms with Gasteiger partial charge in [-0.05, 0) is 75.5 Å². The number of benzene rings is 5. The minimum atomic E-state index is 0. The summed E-state index contributed by atoms with van der Waals surface area (Å²) in [7, 11) is 0.